The van der Waals surface area contributed by atoms with Crippen LogP contribution < -0.4 is 5.32 Å². The summed E-state index contributed by atoms with van der Waals surface area (Å²) in [7, 11) is 1.73. The number of hydrogen-bond donors (Lipinski definition) is 2. The van der Waals surface area contributed by atoms with E-state index in [1.807, 2.05) is 27.0 Å². The van der Waals surface area contributed by atoms with Crippen molar-refractivity contribution < 1.29 is 0 Å². The van der Waals surface area contributed by atoms with Gasteiger partial charge in [-0.2, -0.15) is 0 Å². The quantitative estimate of drug-likeness (QED) is 0.529. The largest absolute Gasteiger partial charge is 0.351 e. The van der Waals surface area contributed by atoms with E-state index < -0.39 is 0 Å². The van der Waals surface area contributed by atoms with Crippen LogP contribution in [0.4, 0.5) is 0 Å². The molecule has 78 valence electrons. The van der Waals surface area contributed by atoms with Crippen LogP contribution in [0.1, 0.15) is 18.4 Å². The molecule has 1 heterocycles. The molecule has 4 nitrogen and oxygen atoms in total. The van der Waals surface area contributed by atoms with Gasteiger partial charge in [0.05, 0.1) is 5.84 Å². The molecule has 0 aliphatic rings. The Kier molecular flexibility index (Phi) is 6.11. The molecule has 0 radical (unpaired) electrons. The zero-order valence-corrected chi connectivity index (χ0v) is 9.26. The van der Waals surface area contributed by atoms with E-state index in [-0.39, 0.29) is 0 Å². The SMILES string of the molecule is C=CNC(C)=NC.Cc1cnc(C)[nH]1. The summed E-state index contributed by atoms with van der Waals surface area (Å²) in [6.45, 7) is 9.26. The second-order valence-electron chi connectivity index (χ2n) is 2.81. The molecule has 0 aliphatic carbocycles. The fraction of sp³-hybridized carbons (Fsp3) is 0.400. The van der Waals surface area contributed by atoms with Crippen LogP contribution in [0.15, 0.2) is 24.0 Å². The van der Waals surface area contributed by atoms with Gasteiger partial charge in [-0.1, -0.05) is 6.58 Å². The Morgan fingerprint density at radius 2 is 2.29 bits per heavy atom. The molecule has 0 saturated carbocycles. The highest BCUT2D eigenvalue weighted by Crippen LogP contribution is 1.89. The first kappa shape index (κ1) is 12.4. The molecule has 0 fully saturated rings. The van der Waals surface area contributed by atoms with E-state index in [4.69, 9.17) is 0 Å². The zero-order chi connectivity index (χ0) is 11.0. The highest BCUT2D eigenvalue weighted by molar-refractivity contribution is 5.80. The van der Waals surface area contributed by atoms with E-state index in [9.17, 15) is 0 Å². The minimum absolute atomic E-state index is 0.884. The Morgan fingerprint density at radius 3 is 2.43 bits per heavy atom. The average molecular weight is 194 g/mol. The number of rotatable bonds is 1. The predicted molar refractivity (Wildman–Crippen MR) is 60.4 cm³/mol. The third kappa shape index (κ3) is 5.99. The van der Waals surface area contributed by atoms with Gasteiger partial charge in [-0.3, -0.25) is 4.99 Å². The van der Waals surface area contributed by atoms with Gasteiger partial charge in [-0.05, 0) is 27.0 Å². The Hall–Kier alpha value is -1.58. The van der Waals surface area contributed by atoms with Crippen molar-refractivity contribution in [3.8, 4) is 0 Å². The molecule has 2 N–H and O–H groups in total. The van der Waals surface area contributed by atoms with Crippen LogP contribution in [0.2, 0.25) is 0 Å². The number of aromatic nitrogens is 2. The van der Waals surface area contributed by atoms with Gasteiger partial charge in [0.25, 0.3) is 0 Å². The molecular formula is C10H18N4. The summed E-state index contributed by atoms with van der Waals surface area (Å²) in [5.74, 6) is 1.87. The minimum atomic E-state index is 0.884. The average Bonchev–Trinajstić information content (AvgIpc) is 2.51. The third-order valence-electron chi connectivity index (χ3n) is 1.48. The molecular weight excluding hydrogens is 176 g/mol. The highest BCUT2D eigenvalue weighted by Gasteiger charge is 1.83. The van der Waals surface area contributed by atoms with Crippen LogP contribution in [-0.2, 0) is 0 Å². The van der Waals surface area contributed by atoms with Crippen LogP contribution in [0.5, 0.6) is 0 Å². The maximum atomic E-state index is 3.96. The molecule has 4 heteroatoms. The molecule has 0 bridgehead atoms. The van der Waals surface area contributed by atoms with Crippen LogP contribution in [0.3, 0.4) is 0 Å². The second kappa shape index (κ2) is 6.88. The number of nitrogens with zero attached hydrogens (tertiary/aromatic N) is 2. The van der Waals surface area contributed by atoms with E-state index in [0.29, 0.717) is 0 Å². The maximum absolute atomic E-state index is 3.96. The summed E-state index contributed by atoms with van der Waals surface area (Å²) in [6, 6.07) is 0. The van der Waals surface area contributed by atoms with Crippen molar-refractivity contribution in [2.45, 2.75) is 20.8 Å². The standard InChI is InChI=1S/C5H8N2.C5H10N2/c1-4-3-6-5(2)7-4;1-4-7-5(2)6-3/h3H,1-2H3,(H,6,7);4H,1H2,2-3H3,(H,6,7). The normalized spacial score (nSPS) is 10.1. The molecule has 0 saturated heterocycles. The number of hydrogen-bond acceptors (Lipinski definition) is 2. The number of aryl methyl sites for hydroxylation is 2. The van der Waals surface area contributed by atoms with Gasteiger partial charge in [-0.15, -0.1) is 0 Å². The molecule has 14 heavy (non-hydrogen) atoms. The molecule has 1 rings (SSSR count). The van der Waals surface area contributed by atoms with Crippen LogP contribution in [0.25, 0.3) is 0 Å². The van der Waals surface area contributed by atoms with Crippen molar-refractivity contribution in [2.24, 2.45) is 4.99 Å². The van der Waals surface area contributed by atoms with E-state index in [1.165, 1.54) is 0 Å². The number of aromatic amines is 1. The van der Waals surface area contributed by atoms with Crippen LogP contribution >= 0.6 is 0 Å². The lowest BCUT2D eigenvalue weighted by molar-refractivity contribution is 1.13. The fourth-order valence-corrected chi connectivity index (χ4v) is 0.756. The summed E-state index contributed by atoms with van der Waals surface area (Å²) in [6.07, 6.45) is 3.41. The van der Waals surface area contributed by atoms with Crippen LogP contribution in [0, 0.1) is 13.8 Å². The van der Waals surface area contributed by atoms with Crippen molar-refractivity contribution in [3.05, 3.63) is 30.5 Å². The summed E-state index contributed by atoms with van der Waals surface area (Å²) in [4.78, 5) is 10.8. The second-order valence-corrected chi connectivity index (χ2v) is 2.81. The molecule has 0 aromatic carbocycles. The summed E-state index contributed by atoms with van der Waals surface area (Å²) in [5, 5.41) is 2.81. The van der Waals surface area contributed by atoms with Gasteiger partial charge < -0.3 is 10.3 Å². The van der Waals surface area contributed by atoms with E-state index in [1.54, 1.807) is 13.2 Å². The molecule has 0 unspecified atom stereocenters. The first-order valence-electron chi connectivity index (χ1n) is 4.39. The van der Waals surface area contributed by atoms with Crippen molar-refractivity contribution >= 4 is 5.84 Å². The monoisotopic (exact) mass is 194 g/mol. The molecule has 0 aliphatic heterocycles. The summed E-state index contributed by atoms with van der Waals surface area (Å²) in [5.41, 5.74) is 1.12. The number of amidine groups is 1. The lowest BCUT2D eigenvalue weighted by Crippen LogP contribution is -2.11. The minimum Gasteiger partial charge on any atom is -0.351 e. The molecule has 1 aromatic heterocycles. The number of nitrogens with one attached hydrogen (secondary N) is 2. The molecule has 1 aromatic rings. The van der Waals surface area contributed by atoms with Gasteiger partial charge >= 0.3 is 0 Å². The molecule has 0 amide bonds. The van der Waals surface area contributed by atoms with E-state index in [2.05, 4.69) is 26.9 Å². The first-order chi connectivity index (χ1) is 6.60. The number of imidazole rings is 1. The van der Waals surface area contributed by atoms with Crippen molar-refractivity contribution in [1.29, 1.82) is 0 Å². The Balaban J connectivity index is 0.000000241. The Labute approximate surface area is 85.2 Å². The lowest BCUT2D eigenvalue weighted by atomic mass is 10.6. The Morgan fingerprint density at radius 1 is 1.64 bits per heavy atom. The summed E-state index contributed by atoms with van der Waals surface area (Å²) >= 11 is 0. The van der Waals surface area contributed by atoms with Crippen molar-refractivity contribution in [2.75, 3.05) is 7.05 Å². The maximum Gasteiger partial charge on any atom is 0.103 e. The lowest BCUT2D eigenvalue weighted by Gasteiger charge is -1.92. The number of H-pyrrole nitrogens is 1. The van der Waals surface area contributed by atoms with Crippen molar-refractivity contribution in [1.82, 2.24) is 15.3 Å². The highest BCUT2D eigenvalue weighted by atomic mass is 14.9. The predicted octanol–water partition coefficient (Wildman–Crippen LogP) is 1.79. The third-order valence-corrected chi connectivity index (χ3v) is 1.48. The molecule has 0 atom stereocenters. The smallest absolute Gasteiger partial charge is 0.103 e. The van der Waals surface area contributed by atoms with Gasteiger partial charge in [-0.25, -0.2) is 4.98 Å². The van der Waals surface area contributed by atoms with Crippen molar-refractivity contribution in [3.63, 3.8) is 0 Å². The van der Waals surface area contributed by atoms with Crippen LogP contribution in [-0.4, -0.2) is 22.9 Å². The number of aliphatic imine (C=N–C) groups is 1. The molecule has 0 spiro atoms. The topological polar surface area (TPSA) is 53.1 Å². The van der Waals surface area contributed by atoms with Gasteiger partial charge in [0.2, 0.25) is 0 Å². The summed E-state index contributed by atoms with van der Waals surface area (Å²) < 4.78 is 0. The first-order valence-corrected chi connectivity index (χ1v) is 4.39. The van der Waals surface area contributed by atoms with E-state index in [0.717, 1.165) is 17.4 Å². The van der Waals surface area contributed by atoms with Gasteiger partial charge in [0.1, 0.15) is 5.82 Å². The van der Waals surface area contributed by atoms with E-state index >= 15 is 0 Å². The van der Waals surface area contributed by atoms with Gasteiger partial charge in [0, 0.05) is 18.9 Å². The fourth-order valence-electron chi connectivity index (χ4n) is 0.756. The Bertz CT molecular complexity index is 282. The van der Waals surface area contributed by atoms with Gasteiger partial charge in [0.15, 0.2) is 0 Å². The zero-order valence-electron chi connectivity index (χ0n) is 9.26.